The first-order chi connectivity index (χ1) is 6.91. The van der Waals surface area contributed by atoms with Crippen LogP contribution >= 0.6 is 0 Å². The molecule has 0 unspecified atom stereocenters. The Labute approximate surface area is 89.7 Å². The second kappa shape index (κ2) is 4.61. The van der Waals surface area contributed by atoms with Crippen LogP contribution in [0.4, 0.5) is 0 Å². The van der Waals surface area contributed by atoms with Gasteiger partial charge in [-0.3, -0.25) is 9.59 Å². The summed E-state index contributed by atoms with van der Waals surface area (Å²) in [6.07, 6.45) is 0. The first-order valence-corrected chi connectivity index (χ1v) is 5.07. The Kier molecular flexibility index (Phi) is 3.68. The second-order valence-corrected chi connectivity index (χ2v) is 4.46. The summed E-state index contributed by atoms with van der Waals surface area (Å²) in [5.74, 6) is -1.15. The number of carbonyl (C=O) groups is 2. The highest BCUT2D eigenvalue weighted by atomic mass is 16.4. The Morgan fingerprint density at radius 1 is 1.40 bits per heavy atom. The molecular formula is C10H18N2O3. The zero-order chi connectivity index (χ0) is 11.6. The number of amides is 1. The fourth-order valence-electron chi connectivity index (χ4n) is 1.86. The Bertz CT molecular complexity index is 265. The number of carboxylic acid groups (broad SMARTS) is 1. The molecule has 0 aromatic carbocycles. The highest BCUT2D eigenvalue weighted by molar-refractivity contribution is 5.80. The van der Waals surface area contributed by atoms with Gasteiger partial charge in [-0.1, -0.05) is 6.92 Å². The van der Waals surface area contributed by atoms with Crippen LogP contribution in [-0.4, -0.2) is 60.5 Å². The Morgan fingerprint density at radius 2 is 2.00 bits per heavy atom. The monoisotopic (exact) mass is 214 g/mol. The van der Waals surface area contributed by atoms with E-state index in [-0.39, 0.29) is 11.8 Å². The van der Waals surface area contributed by atoms with Gasteiger partial charge in [-0.25, -0.2) is 0 Å². The molecule has 1 N–H and O–H groups in total. The number of carbonyl (C=O) groups excluding carboxylic acids is 1. The molecule has 1 aliphatic heterocycles. The van der Waals surface area contributed by atoms with Crippen molar-refractivity contribution in [3.05, 3.63) is 0 Å². The third-order valence-corrected chi connectivity index (χ3v) is 2.73. The molecule has 1 heterocycles. The van der Waals surface area contributed by atoms with E-state index in [9.17, 15) is 9.59 Å². The van der Waals surface area contributed by atoms with Gasteiger partial charge in [-0.15, -0.1) is 0 Å². The highest BCUT2D eigenvalue weighted by Gasteiger charge is 2.36. The van der Waals surface area contributed by atoms with Crippen LogP contribution in [0.25, 0.3) is 0 Å². The van der Waals surface area contributed by atoms with Crippen LogP contribution in [0.5, 0.6) is 0 Å². The lowest BCUT2D eigenvalue weighted by atomic mass is 9.99. The normalized spacial score (nSPS) is 26.0. The molecule has 1 amide bonds. The van der Waals surface area contributed by atoms with Crippen molar-refractivity contribution in [1.29, 1.82) is 0 Å². The summed E-state index contributed by atoms with van der Waals surface area (Å²) in [6.45, 7) is 3.13. The highest BCUT2D eigenvalue weighted by Crippen LogP contribution is 2.23. The number of aliphatic carboxylic acids is 1. The van der Waals surface area contributed by atoms with E-state index in [1.165, 1.54) is 0 Å². The molecule has 0 aliphatic carbocycles. The quantitative estimate of drug-likeness (QED) is 0.702. The molecule has 1 rings (SSSR count). The van der Waals surface area contributed by atoms with Gasteiger partial charge in [0.15, 0.2) is 0 Å². The van der Waals surface area contributed by atoms with Crippen molar-refractivity contribution in [2.45, 2.75) is 6.92 Å². The number of carboxylic acids is 1. The average molecular weight is 214 g/mol. The number of likely N-dealkylation sites (N-methyl/N-ethyl adjacent to an activating group) is 1. The van der Waals surface area contributed by atoms with E-state index < -0.39 is 11.9 Å². The molecule has 0 radical (unpaired) electrons. The van der Waals surface area contributed by atoms with E-state index in [1.54, 1.807) is 9.80 Å². The maximum Gasteiger partial charge on any atom is 0.308 e. The standard InChI is InChI=1S/C10H18N2O3/c1-7-4-12(5-8(7)10(14)15)9(13)6-11(2)3/h7-8H,4-6H2,1-3H3,(H,14,15)/t7-,8-/m1/s1. The second-order valence-electron chi connectivity index (χ2n) is 4.46. The third-order valence-electron chi connectivity index (χ3n) is 2.73. The summed E-state index contributed by atoms with van der Waals surface area (Å²) in [7, 11) is 3.65. The van der Waals surface area contributed by atoms with Crippen LogP contribution in [-0.2, 0) is 9.59 Å². The van der Waals surface area contributed by atoms with E-state index in [0.717, 1.165) is 0 Å². The van der Waals surface area contributed by atoms with E-state index in [4.69, 9.17) is 5.11 Å². The van der Waals surface area contributed by atoms with Crippen molar-refractivity contribution < 1.29 is 14.7 Å². The van der Waals surface area contributed by atoms with Crippen LogP contribution in [0.2, 0.25) is 0 Å². The van der Waals surface area contributed by atoms with Crippen LogP contribution in [0.15, 0.2) is 0 Å². The molecule has 5 nitrogen and oxygen atoms in total. The minimum absolute atomic E-state index is 0.00981. The molecule has 1 fully saturated rings. The number of hydrogen-bond donors (Lipinski definition) is 1. The van der Waals surface area contributed by atoms with Gasteiger partial charge < -0.3 is 14.9 Å². The predicted molar refractivity (Wildman–Crippen MR) is 55.4 cm³/mol. The number of nitrogens with zero attached hydrogens (tertiary/aromatic N) is 2. The molecule has 86 valence electrons. The minimum atomic E-state index is -0.803. The molecule has 15 heavy (non-hydrogen) atoms. The van der Waals surface area contributed by atoms with Crippen molar-refractivity contribution in [3.8, 4) is 0 Å². The summed E-state index contributed by atoms with van der Waals surface area (Å²) >= 11 is 0. The van der Waals surface area contributed by atoms with Gasteiger partial charge in [0.25, 0.3) is 0 Å². The van der Waals surface area contributed by atoms with Gasteiger partial charge >= 0.3 is 5.97 Å². The zero-order valence-electron chi connectivity index (χ0n) is 9.43. The molecule has 1 aliphatic rings. The molecule has 0 aromatic heterocycles. The summed E-state index contributed by atoms with van der Waals surface area (Å²) in [4.78, 5) is 25.9. The van der Waals surface area contributed by atoms with Crippen molar-refractivity contribution in [2.75, 3.05) is 33.7 Å². The van der Waals surface area contributed by atoms with Crippen LogP contribution in [0.1, 0.15) is 6.92 Å². The van der Waals surface area contributed by atoms with Crippen LogP contribution in [0.3, 0.4) is 0 Å². The fraction of sp³-hybridized carbons (Fsp3) is 0.800. The zero-order valence-corrected chi connectivity index (χ0v) is 9.43. The van der Waals surface area contributed by atoms with E-state index in [2.05, 4.69) is 0 Å². The summed E-state index contributed by atoms with van der Waals surface area (Å²) < 4.78 is 0. The Morgan fingerprint density at radius 3 is 2.40 bits per heavy atom. The number of likely N-dealkylation sites (tertiary alicyclic amines) is 1. The van der Waals surface area contributed by atoms with Crippen LogP contribution in [0, 0.1) is 11.8 Å². The molecule has 5 heteroatoms. The largest absolute Gasteiger partial charge is 0.481 e. The first kappa shape index (κ1) is 12.0. The summed E-state index contributed by atoms with van der Waals surface area (Å²) in [6, 6.07) is 0. The van der Waals surface area contributed by atoms with E-state index in [0.29, 0.717) is 19.6 Å². The molecule has 1 saturated heterocycles. The predicted octanol–water partition coefficient (Wildman–Crippen LogP) is -0.273. The first-order valence-electron chi connectivity index (χ1n) is 5.07. The van der Waals surface area contributed by atoms with E-state index >= 15 is 0 Å². The topological polar surface area (TPSA) is 60.9 Å². The Hall–Kier alpha value is -1.10. The Balaban J connectivity index is 2.54. The summed E-state index contributed by atoms with van der Waals surface area (Å²) in [5.41, 5.74) is 0. The SMILES string of the molecule is C[C@@H]1CN(C(=O)CN(C)C)C[C@H]1C(=O)O. The van der Waals surface area contributed by atoms with Crippen molar-refractivity contribution in [3.63, 3.8) is 0 Å². The maximum absolute atomic E-state index is 11.7. The van der Waals surface area contributed by atoms with E-state index in [1.807, 2.05) is 21.0 Å². The van der Waals surface area contributed by atoms with Crippen molar-refractivity contribution in [1.82, 2.24) is 9.80 Å². The number of hydrogen-bond acceptors (Lipinski definition) is 3. The maximum atomic E-state index is 11.7. The smallest absolute Gasteiger partial charge is 0.308 e. The fourth-order valence-corrected chi connectivity index (χ4v) is 1.86. The lowest BCUT2D eigenvalue weighted by Gasteiger charge is -2.18. The van der Waals surface area contributed by atoms with Gasteiger partial charge in [0.2, 0.25) is 5.91 Å². The van der Waals surface area contributed by atoms with Crippen LogP contribution < -0.4 is 0 Å². The average Bonchev–Trinajstić information content (AvgIpc) is 2.46. The summed E-state index contributed by atoms with van der Waals surface area (Å²) in [5, 5.41) is 8.92. The molecule has 2 atom stereocenters. The molecular weight excluding hydrogens is 196 g/mol. The van der Waals surface area contributed by atoms with Crippen molar-refractivity contribution in [2.24, 2.45) is 11.8 Å². The molecule has 0 spiro atoms. The van der Waals surface area contributed by atoms with Gasteiger partial charge in [0, 0.05) is 13.1 Å². The van der Waals surface area contributed by atoms with Gasteiger partial charge in [-0.05, 0) is 20.0 Å². The van der Waals surface area contributed by atoms with Gasteiger partial charge in [-0.2, -0.15) is 0 Å². The minimum Gasteiger partial charge on any atom is -0.481 e. The molecule has 0 saturated carbocycles. The van der Waals surface area contributed by atoms with Crippen molar-refractivity contribution >= 4 is 11.9 Å². The molecule has 0 bridgehead atoms. The third kappa shape index (κ3) is 2.92. The number of rotatable bonds is 3. The lowest BCUT2D eigenvalue weighted by Crippen LogP contribution is -2.36. The lowest BCUT2D eigenvalue weighted by molar-refractivity contribution is -0.142. The van der Waals surface area contributed by atoms with Gasteiger partial charge in [0.1, 0.15) is 0 Å². The van der Waals surface area contributed by atoms with Gasteiger partial charge in [0.05, 0.1) is 12.5 Å². The molecule has 0 aromatic rings.